The van der Waals surface area contributed by atoms with Crippen molar-refractivity contribution >= 4 is 5.78 Å². The van der Waals surface area contributed by atoms with Gasteiger partial charge in [0.25, 0.3) is 0 Å². The lowest BCUT2D eigenvalue weighted by atomic mass is 9.44. The predicted octanol–water partition coefficient (Wildman–Crippen LogP) is 2.57. The third-order valence-corrected chi connectivity index (χ3v) is 8.92. The van der Waals surface area contributed by atoms with Gasteiger partial charge in [-0.25, -0.2) is 0 Å². The van der Waals surface area contributed by atoms with E-state index in [2.05, 4.69) is 13.8 Å². The molecule has 0 heterocycles. The topological polar surface area (TPSA) is 76.0 Å². The van der Waals surface area contributed by atoms with Gasteiger partial charge in [0, 0.05) is 18.9 Å². The van der Waals surface area contributed by atoms with Gasteiger partial charge in [0.05, 0.1) is 31.5 Å². The van der Waals surface area contributed by atoms with E-state index >= 15 is 0 Å². The molecular formula is C22H36O5. The Bertz CT molecular complexity index is 579. The van der Waals surface area contributed by atoms with E-state index in [0.29, 0.717) is 49.6 Å². The zero-order chi connectivity index (χ0) is 19.4. The molecule has 4 aliphatic carbocycles. The molecule has 27 heavy (non-hydrogen) atoms. The van der Waals surface area contributed by atoms with E-state index in [4.69, 9.17) is 9.47 Å². The van der Waals surface area contributed by atoms with Crippen LogP contribution in [-0.4, -0.2) is 54.6 Å². The summed E-state index contributed by atoms with van der Waals surface area (Å²) in [7, 11) is 1.65. The Morgan fingerprint density at radius 2 is 1.85 bits per heavy atom. The van der Waals surface area contributed by atoms with E-state index in [1.165, 1.54) is 0 Å². The Morgan fingerprint density at radius 1 is 1.07 bits per heavy atom. The number of rotatable bonds is 4. The molecule has 2 unspecified atom stereocenters. The van der Waals surface area contributed by atoms with E-state index in [1.54, 1.807) is 7.11 Å². The number of hydrogen-bond acceptors (Lipinski definition) is 5. The van der Waals surface area contributed by atoms with Crippen LogP contribution in [-0.2, 0) is 14.3 Å². The van der Waals surface area contributed by atoms with Gasteiger partial charge in [0.1, 0.15) is 5.78 Å². The molecule has 5 heteroatoms. The van der Waals surface area contributed by atoms with Gasteiger partial charge < -0.3 is 19.7 Å². The summed E-state index contributed by atoms with van der Waals surface area (Å²) < 4.78 is 11.1. The molecule has 0 radical (unpaired) electrons. The summed E-state index contributed by atoms with van der Waals surface area (Å²) in [5, 5.41) is 21.9. The van der Waals surface area contributed by atoms with Gasteiger partial charge in [0.2, 0.25) is 0 Å². The van der Waals surface area contributed by atoms with Crippen molar-refractivity contribution in [2.24, 2.45) is 34.5 Å². The summed E-state index contributed by atoms with van der Waals surface area (Å²) in [6.07, 6.45) is 4.94. The molecule has 0 bridgehead atoms. The molecule has 4 fully saturated rings. The number of Topliss-reactive ketones (excluding diaryl/α,β-unsaturated/α-hetero) is 1. The second-order valence-corrected chi connectivity index (χ2v) is 10.1. The van der Waals surface area contributed by atoms with Crippen molar-refractivity contribution in [1.29, 1.82) is 0 Å². The molecule has 0 aliphatic heterocycles. The second-order valence-electron chi connectivity index (χ2n) is 10.1. The summed E-state index contributed by atoms with van der Waals surface area (Å²) in [6, 6.07) is 0. The lowest BCUT2D eigenvalue weighted by Gasteiger charge is -2.62. The number of aliphatic hydroxyl groups is 2. The maximum Gasteiger partial charge on any atom is 0.139 e. The van der Waals surface area contributed by atoms with Gasteiger partial charge >= 0.3 is 0 Å². The van der Waals surface area contributed by atoms with E-state index in [9.17, 15) is 15.0 Å². The molecule has 0 aromatic carbocycles. The van der Waals surface area contributed by atoms with Crippen LogP contribution in [0.1, 0.15) is 58.8 Å². The molecule has 0 spiro atoms. The summed E-state index contributed by atoms with van der Waals surface area (Å²) in [6.45, 7) is 5.43. The first kappa shape index (κ1) is 19.8. The summed E-state index contributed by atoms with van der Waals surface area (Å²) in [5.41, 5.74) is -0.363. The van der Waals surface area contributed by atoms with Gasteiger partial charge in [0.15, 0.2) is 0 Å². The molecule has 0 aromatic heterocycles. The van der Waals surface area contributed by atoms with Crippen molar-refractivity contribution < 1.29 is 24.5 Å². The number of fused-ring (bicyclic) bond motifs is 5. The molecule has 4 rings (SSSR count). The molecule has 154 valence electrons. The normalized spacial score (nSPS) is 52.2. The number of ether oxygens (including phenoxy) is 2. The average molecular weight is 381 g/mol. The fourth-order valence-corrected chi connectivity index (χ4v) is 7.61. The second kappa shape index (κ2) is 7.08. The van der Waals surface area contributed by atoms with Gasteiger partial charge in [-0.1, -0.05) is 13.8 Å². The van der Waals surface area contributed by atoms with E-state index < -0.39 is 12.2 Å². The van der Waals surface area contributed by atoms with Gasteiger partial charge in [-0.3, -0.25) is 4.79 Å². The van der Waals surface area contributed by atoms with E-state index in [0.717, 1.165) is 32.1 Å². The van der Waals surface area contributed by atoms with Crippen molar-refractivity contribution in [2.45, 2.75) is 77.1 Å². The van der Waals surface area contributed by atoms with E-state index in [-0.39, 0.29) is 22.9 Å². The third-order valence-electron chi connectivity index (χ3n) is 8.92. The predicted molar refractivity (Wildman–Crippen MR) is 101 cm³/mol. The first-order valence-corrected chi connectivity index (χ1v) is 10.8. The number of hydrogen-bond donors (Lipinski definition) is 2. The fourth-order valence-electron chi connectivity index (χ4n) is 7.61. The molecule has 5 nitrogen and oxygen atoms in total. The molecule has 4 aliphatic rings. The largest absolute Gasteiger partial charge is 0.393 e. The van der Waals surface area contributed by atoms with Gasteiger partial charge in [-0.15, -0.1) is 0 Å². The molecule has 9 atom stereocenters. The Balaban J connectivity index is 1.59. The Labute approximate surface area is 162 Å². The van der Waals surface area contributed by atoms with Crippen molar-refractivity contribution in [1.82, 2.24) is 0 Å². The highest BCUT2D eigenvalue weighted by molar-refractivity contribution is 5.87. The number of methoxy groups -OCH3 is 1. The number of carbonyl (C=O) groups excluding carboxylic acids is 1. The minimum Gasteiger partial charge on any atom is -0.393 e. The van der Waals surface area contributed by atoms with Crippen LogP contribution in [0.4, 0.5) is 0 Å². The van der Waals surface area contributed by atoms with Crippen molar-refractivity contribution in [3.63, 3.8) is 0 Å². The average Bonchev–Trinajstić information content (AvgIpc) is 2.90. The molecule has 2 N–H and O–H groups in total. The lowest BCUT2D eigenvalue weighted by Crippen LogP contribution is -2.61. The van der Waals surface area contributed by atoms with Crippen LogP contribution in [0.2, 0.25) is 0 Å². The summed E-state index contributed by atoms with van der Waals surface area (Å²) in [5.74, 6) is 1.82. The minimum atomic E-state index is -0.435. The minimum absolute atomic E-state index is 0.0354. The maximum absolute atomic E-state index is 12.6. The number of aliphatic hydroxyl groups excluding tert-OH is 2. The standard InChI is InChI=1S/C22H36O5/c1-21-12-18(27-9-8-26-3)16(23)10-13(21)4-5-14-15-6-7-19(25)22(15,2)11-17(24)20(14)21/h13-18,20,23-24H,4-12H2,1-3H3/t13-,14?,15-,16-,17?,18-,20+,21-,22-/m0/s1. The Morgan fingerprint density at radius 3 is 2.59 bits per heavy atom. The van der Waals surface area contributed by atoms with Crippen molar-refractivity contribution in [3.05, 3.63) is 0 Å². The summed E-state index contributed by atoms with van der Waals surface area (Å²) >= 11 is 0. The van der Waals surface area contributed by atoms with Crippen molar-refractivity contribution in [2.75, 3.05) is 20.3 Å². The molecule has 0 amide bonds. The highest BCUT2D eigenvalue weighted by Gasteiger charge is 2.64. The quantitative estimate of drug-likeness (QED) is 0.733. The zero-order valence-corrected chi connectivity index (χ0v) is 17.0. The number of carbonyl (C=O) groups is 1. The van der Waals surface area contributed by atoms with Crippen LogP contribution in [0.25, 0.3) is 0 Å². The molecule has 0 aromatic rings. The highest BCUT2D eigenvalue weighted by Crippen LogP contribution is 2.65. The molecular weight excluding hydrogens is 344 g/mol. The van der Waals surface area contributed by atoms with Gasteiger partial charge in [-0.05, 0) is 67.6 Å². The van der Waals surface area contributed by atoms with Gasteiger partial charge in [-0.2, -0.15) is 0 Å². The van der Waals surface area contributed by atoms with Crippen molar-refractivity contribution in [3.8, 4) is 0 Å². The Hall–Kier alpha value is -0.490. The third kappa shape index (κ3) is 3.00. The zero-order valence-electron chi connectivity index (χ0n) is 17.0. The fraction of sp³-hybridized carbons (Fsp3) is 0.955. The van der Waals surface area contributed by atoms with Crippen LogP contribution >= 0.6 is 0 Å². The van der Waals surface area contributed by atoms with Crippen LogP contribution in [0.3, 0.4) is 0 Å². The monoisotopic (exact) mass is 380 g/mol. The first-order valence-electron chi connectivity index (χ1n) is 10.8. The SMILES string of the molecule is COCCO[C@H]1C[C@@]2(C)[C@@H](CCC3[C@@H]2C(O)C[C@]2(C)C(=O)CC[C@@H]32)C[C@@H]1O. The summed E-state index contributed by atoms with van der Waals surface area (Å²) in [4.78, 5) is 12.6. The van der Waals surface area contributed by atoms with E-state index in [1.807, 2.05) is 0 Å². The highest BCUT2D eigenvalue weighted by atomic mass is 16.5. The maximum atomic E-state index is 12.6. The number of ketones is 1. The molecule has 0 saturated heterocycles. The van der Waals surface area contributed by atoms with Crippen LogP contribution in [0.15, 0.2) is 0 Å². The smallest absolute Gasteiger partial charge is 0.139 e. The van der Waals surface area contributed by atoms with Crippen LogP contribution < -0.4 is 0 Å². The lowest BCUT2D eigenvalue weighted by molar-refractivity contribution is -0.201. The Kier molecular flexibility index (Phi) is 5.20. The first-order chi connectivity index (χ1) is 12.8. The molecule has 4 saturated carbocycles. The van der Waals surface area contributed by atoms with Crippen LogP contribution in [0, 0.1) is 34.5 Å². The van der Waals surface area contributed by atoms with Crippen LogP contribution in [0.5, 0.6) is 0 Å².